The summed E-state index contributed by atoms with van der Waals surface area (Å²) >= 11 is 0. The van der Waals surface area contributed by atoms with Gasteiger partial charge in [0.25, 0.3) is 0 Å². The highest BCUT2D eigenvalue weighted by molar-refractivity contribution is 5.67. The van der Waals surface area contributed by atoms with Gasteiger partial charge in [-0.2, -0.15) is 0 Å². The largest absolute Gasteiger partial charge is 0.203 e. The summed E-state index contributed by atoms with van der Waals surface area (Å²) in [6.07, 6.45) is 10.7. The molecule has 1 unspecified atom stereocenters. The maximum Gasteiger partial charge on any atom is 0.166 e. The molecular weight excluding hydrogens is 254 g/mol. The van der Waals surface area contributed by atoms with Gasteiger partial charge in [-0.3, -0.25) is 0 Å². The highest BCUT2D eigenvalue weighted by Gasteiger charge is 2.27. The summed E-state index contributed by atoms with van der Waals surface area (Å²) in [6.45, 7) is 1.60. The van der Waals surface area contributed by atoms with Crippen LogP contribution in [-0.2, 0) is 0 Å². The van der Waals surface area contributed by atoms with Gasteiger partial charge in [0.2, 0.25) is 0 Å². The summed E-state index contributed by atoms with van der Waals surface area (Å²) in [5, 5.41) is 0. The quantitative estimate of drug-likeness (QED) is 0.655. The number of aryl methyl sites for hydroxylation is 1. The van der Waals surface area contributed by atoms with E-state index >= 15 is 0 Å². The molecule has 0 saturated heterocycles. The molecule has 1 saturated carbocycles. The maximum absolute atomic E-state index is 14.0. The van der Waals surface area contributed by atoms with E-state index in [-0.39, 0.29) is 0 Å². The summed E-state index contributed by atoms with van der Waals surface area (Å²) in [6, 6.07) is 3.41. The lowest BCUT2D eigenvalue weighted by atomic mass is 9.78. The van der Waals surface area contributed by atoms with Crippen LogP contribution in [0.1, 0.15) is 56.1 Å². The number of halogens is 2. The third-order valence-electron chi connectivity index (χ3n) is 5.14. The normalized spacial score (nSPS) is 23.9. The first-order valence-corrected chi connectivity index (χ1v) is 7.81. The summed E-state index contributed by atoms with van der Waals surface area (Å²) in [5.74, 6) is 0.267. The smallest absolute Gasteiger partial charge is 0.166 e. The first-order chi connectivity index (χ1) is 9.66. The molecule has 0 amide bonds. The van der Waals surface area contributed by atoms with E-state index in [0.29, 0.717) is 11.1 Å². The van der Waals surface area contributed by atoms with E-state index in [9.17, 15) is 8.78 Å². The van der Waals surface area contributed by atoms with Gasteiger partial charge in [0, 0.05) is 5.56 Å². The molecule has 2 aliphatic rings. The van der Waals surface area contributed by atoms with E-state index in [1.165, 1.54) is 25.7 Å². The SMILES string of the molecule is Cc1ccc(C2=CCC(C3CCCC3)CC2)c(F)c1F. The molecule has 0 bridgehead atoms. The third kappa shape index (κ3) is 2.53. The Morgan fingerprint density at radius 3 is 2.35 bits per heavy atom. The lowest BCUT2D eigenvalue weighted by Gasteiger charge is -2.27. The standard InChI is InChI=1S/C18H22F2/c1-12-6-11-16(18(20)17(12)19)15-9-7-14(8-10-15)13-4-2-3-5-13/h6,9,11,13-14H,2-5,7-8,10H2,1H3. The molecule has 0 nitrogen and oxygen atoms in total. The van der Waals surface area contributed by atoms with Crippen LogP contribution in [0.15, 0.2) is 18.2 Å². The van der Waals surface area contributed by atoms with Crippen molar-refractivity contribution >= 4 is 5.57 Å². The van der Waals surface area contributed by atoms with Crippen LogP contribution in [0.25, 0.3) is 5.57 Å². The Morgan fingerprint density at radius 2 is 1.70 bits per heavy atom. The summed E-state index contributed by atoms with van der Waals surface area (Å²) < 4.78 is 27.7. The molecule has 0 N–H and O–H groups in total. The molecule has 1 aromatic rings. The number of hydrogen-bond acceptors (Lipinski definition) is 0. The number of allylic oxidation sites excluding steroid dienone is 2. The maximum atomic E-state index is 14.0. The fraction of sp³-hybridized carbons (Fsp3) is 0.556. The molecule has 2 aliphatic carbocycles. The van der Waals surface area contributed by atoms with E-state index in [1.807, 2.05) is 0 Å². The van der Waals surface area contributed by atoms with Gasteiger partial charge in [-0.15, -0.1) is 0 Å². The van der Waals surface area contributed by atoms with E-state index in [2.05, 4.69) is 6.08 Å². The van der Waals surface area contributed by atoms with Gasteiger partial charge in [0.15, 0.2) is 11.6 Å². The van der Waals surface area contributed by atoms with Crippen LogP contribution in [0, 0.1) is 30.4 Å². The van der Waals surface area contributed by atoms with Crippen LogP contribution in [0.5, 0.6) is 0 Å². The van der Waals surface area contributed by atoms with E-state index < -0.39 is 11.6 Å². The minimum Gasteiger partial charge on any atom is -0.203 e. The molecular formula is C18H22F2. The second kappa shape index (κ2) is 5.67. The average Bonchev–Trinajstić information content (AvgIpc) is 3.00. The van der Waals surface area contributed by atoms with Crippen molar-refractivity contribution in [1.29, 1.82) is 0 Å². The van der Waals surface area contributed by atoms with Crippen LogP contribution >= 0.6 is 0 Å². The molecule has 3 rings (SSSR count). The highest BCUT2D eigenvalue weighted by atomic mass is 19.2. The molecule has 108 valence electrons. The van der Waals surface area contributed by atoms with E-state index in [1.54, 1.807) is 19.1 Å². The van der Waals surface area contributed by atoms with Crippen LogP contribution in [0.2, 0.25) is 0 Å². The van der Waals surface area contributed by atoms with E-state index in [0.717, 1.165) is 36.7 Å². The van der Waals surface area contributed by atoms with Crippen LogP contribution in [0.3, 0.4) is 0 Å². The second-order valence-corrected chi connectivity index (χ2v) is 6.37. The van der Waals surface area contributed by atoms with Gasteiger partial charge in [-0.05, 0) is 49.2 Å². The van der Waals surface area contributed by atoms with Gasteiger partial charge in [-0.25, -0.2) is 8.78 Å². The first-order valence-electron chi connectivity index (χ1n) is 7.81. The van der Waals surface area contributed by atoms with E-state index in [4.69, 9.17) is 0 Å². The summed E-state index contributed by atoms with van der Waals surface area (Å²) in [7, 11) is 0. The summed E-state index contributed by atoms with van der Waals surface area (Å²) in [5.41, 5.74) is 1.85. The van der Waals surface area contributed by atoms with Crippen LogP contribution < -0.4 is 0 Å². The van der Waals surface area contributed by atoms with Gasteiger partial charge in [0.1, 0.15) is 0 Å². The lowest BCUT2D eigenvalue weighted by Crippen LogP contribution is -2.14. The number of rotatable bonds is 2. The Labute approximate surface area is 119 Å². The lowest BCUT2D eigenvalue weighted by molar-refractivity contribution is 0.317. The molecule has 0 radical (unpaired) electrons. The number of benzene rings is 1. The molecule has 1 aromatic carbocycles. The Bertz CT molecular complexity index is 524. The molecule has 0 aliphatic heterocycles. The van der Waals surface area contributed by atoms with Gasteiger partial charge < -0.3 is 0 Å². The zero-order valence-electron chi connectivity index (χ0n) is 12.1. The Kier molecular flexibility index (Phi) is 3.91. The predicted octanol–water partition coefficient (Wildman–Crippen LogP) is 5.65. The third-order valence-corrected chi connectivity index (χ3v) is 5.14. The molecule has 0 aromatic heterocycles. The van der Waals surface area contributed by atoms with Crippen molar-refractivity contribution in [2.45, 2.75) is 51.9 Å². The van der Waals surface area contributed by atoms with Gasteiger partial charge in [-0.1, -0.05) is 43.9 Å². The van der Waals surface area contributed by atoms with Crippen molar-refractivity contribution in [1.82, 2.24) is 0 Å². The predicted molar refractivity (Wildman–Crippen MR) is 78.4 cm³/mol. The molecule has 20 heavy (non-hydrogen) atoms. The minimum absolute atomic E-state index is 0.381. The topological polar surface area (TPSA) is 0 Å². The van der Waals surface area contributed by atoms with Gasteiger partial charge in [0.05, 0.1) is 0 Å². The van der Waals surface area contributed by atoms with Crippen molar-refractivity contribution < 1.29 is 8.78 Å². The first kappa shape index (κ1) is 13.8. The fourth-order valence-electron chi connectivity index (χ4n) is 3.85. The Morgan fingerprint density at radius 1 is 0.950 bits per heavy atom. The minimum atomic E-state index is -0.693. The molecule has 1 fully saturated rings. The van der Waals surface area contributed by atoms with Crippen molar-refractivity contribution in [3.63, 3.8) is 0 Å². The molecule has 2 heteroatoms. The second-order valence-electron chi connectivity index (χ2n) is 6.37. The van der Waals surface area contributed by atoms with Crippen molar-refractivity contribution in [3.05, 3.63) is 41.0 Å². The Balaban J connectivity index is 1.77. The zero-order chi connectivity index (χ0) is 14.1. The molecule has 1 atom stereocenters. The van der Waals surface area contributed by atoms with Crippen LogP contribution in [-0.4, -0.2) is 0 Å². The Hall–Kier alpha value is -1.18. The monoisotopic (exact) mass is 276 g/mol. The van der Waals surface area contributed by atoms with Gasteiger partial charge >= 0.3 is 0 Å². The van der Waals surface area contributed by atoms with Crippen molar-refractivity contribution in [2.24, 2.45) is 11.8 Å². The summed E-state index contributed by atoms with van der Waals surface area (Å²) in [4.78, 5) is 0. The zero-order valence-corrected chi connectivity index (χ0v) is 12.1. The molecule has 0 heterocycles. The average molecular weight is 276 g/mol. The molecule has 0 spiro atoms. The highest BCUT2D eigenvalue weighted by Crippen LogP contribution is 2.41. The fourth-order valence-corrected chi connectivity index (χ4v) is 3.85. The van der Waals surface area contributed by atoms with Crippen molar-refractivity contribution in [3.8, 4) is 0 Å². The number of hydrogen-bond donors (Lipinski definition) is 0. The van der Waals surface area contributed by atoms with Crippen molar-refractivity contribution in [2.75, 3.05) is 0 Å². The van der Waals surface area contributed by atoms with Crippen LogP contribution in [0.4, 0.5) is 8.78 Å².